The van der Waals surface area contributed by atoms with E-state index in [1.54, 1.807) is 22.3 Å². The van der Waals surface area contributed by atoms with E-state index in [4.69, 9.17) is 34.1 Å². The molecule has 300 valence electrons. The van der Waals surface area contributed by atoms with Gasteiger partial charge in [0.1, 0.15) is 0 Å². The Morgan fingerprint density at radius 1 is 0.554 bits per heavy atom. The molecule has 6 heteroatoms. The molecule has 0 bridgehead atoms. The van der Waals surface area contributed by atoms with Gasteiger partial charge in [0.15, 0.2) is 0 Å². The number of allylic oxidation sites excluding steroid dienone is 8. The summed E-state index contributed by atoms with van der Waals surface area (Å²) in [5.74, 6) is 6.36. The molecule has 0 aromatic heterocycles. The van der Waals surface area contributed by atoms with Crippen molar-refractivity contribution >= 4 is 34.1 Å². The van der Waals surface area contributed by atoms with Crippen LogP contribution in [0.3, 0.4) is 0 Å². The summed E-state index contributed by atoms with van der Waals surface area (Å²) >= 11 is -1.65. The van der Waals surface area contributed by atoms with Gasteiger partial charge in [0, 0.05) is 0 Å². The van der Waals surface area contributed by atoms with Crippen LogP contribution in [0.5, 0.6) is 0 Å². The third-order valence-electron chi connectivity index (χ3n) is 15.2. The zero-order valence-corrected chi connectivity index (χ0v) is 41.8. The van der Waals surface area contributed by atoms with Gasteiger partial charge in [0.25, 0.3) is 0 Å². The molecule has 0 N–H and O–H groups in total. The van der Waals surface area contributed by atoms with Gasteiger partial charge >= 0.3 is 75.7 Å². The molecule has 8 aliphatic rings. The normalized spacial score (nSPS) is 34.1. The van der Waals surface area contributed by atoms with E-state index >= 15 is 0 Å². The molecule has 9 atom stereocenters. The van der Waals surface area contributed by atoms with Crippen molar-refractivity contribution in [2.75, 3.05) is 0 Å². The van der Waals surface area contributed by atoms with E-state index in [1.165, 1.54) is 103 Å². The van der Waals surface area contributed by atoms with Crippen LogP contribution in [0, 0.1) is 75.0 Å². The minimum absolute atomic E-state index is 0. The molecule has 2 aromatic carbocycles. The van der Waals surface area contributed by atoms with Crippen LogP contribution in [-0.4, -0.2) is 0 Å². The fourth-order valence-electron chi connectivity index (χ4n) is 13.4. The minimum atomic E-state index is -0.826. The van der Waals surface area contributed by atoms with Crippen molar-refractivity contribution in [3.63, 3.8) is 0 Å². The van der Waals surface area contributed by atoms with Crippen LogP contribution < -0.4 is 0 Å². The molecule has 0 amide bonds. The monoisotopic (exact) mass is 984 g/mol. The van der Waals surface area contributed by atoms with Crippen molar-refractivity contribution in [2.45, 2.75) is 114 Å². The maximum absolute atomic E-state index is 4.93. The van der Waals surface area contributed by atoms with E-state index in [-0.39, 0.29) is 14.9 Å². The van der Waals surface area contributed by atoms with Crippen molar-refractivity contribution in [2.24, 2.45) is 47.3 Å². The summed E-state index contributed by atoms with van der Waals surface area (Å²) in [4.78, 5) is 0. The van der Waals surface area contributed by atoms with Crippen LogP contribution in [0.2, 0.25) is 0 Å². The van der Waals surface area contributed by atoms with E-state index < -0.39 is 41.7 Å². The molecule has 8 aliphatic carbocycles. The Kier molecular flexibility index (Phi) is 19.4. The fraction of sp³-hybridized carbons (Fsp3) is 0.520. The molecule has 2 aromatic rings. The van der Waals surface area contributed by atoms with Gasteiger partial charge in [0.2, 0.25) is 0 Å². The second-order valence-electron chi connectivity index (χ2n) is 17.2. The van der Waals surface area contributed by atoms with Crippen LogP contribution in [-0.2, 0) is 65.4 Å². The molecule has 0 spiro atoms. The number of hydrogen-bond donors (Lipinski definition) is 0. The molecule has 7 unspecified atom stereocenters. The molecule has 0 nitrogen and oxygen atoms in total. The van der Waals surface area contributed by atoms with Gasteiger partial charge in [-0.3, -0.25) is 0 Å². The summed E-state index contributed by atoms with van der Waals surface area (Å²) in [6.45, 7) is 0. The Morgan fingerprint density at radius 2 is 1.11 bits per heavy atom. The zero-order valence-electron chi connectivity index (χ0n) is 33.8. The Bertz CT molecular complexity index is 1500. The first kappa shape index (κ1) is 47.4. The number of rotatable bonds is 4. The maximum atomic E-state index is 4.93. The van der Waals surface area contributed by atoms with Gasteiger partial charge in [-0.05, 0) is 133 Å². The second kappa shape index (κ2) is 23.0. The van der Waals surface area contributed by atoms with Crippen LogP contribution >= 0.6 is 34.1 Å². The number of hydrogen-bond acceptors (Lipinski definition) is 0. The first-order valence-electron chi connectivity index (χ1n) is 21.1. The molecule has 0 saturated heterocycles. The first-order chi connectivity index (χ1) is 26.6. The van der Waals surface area contributed by atoms with E-state index in [2.05, 4.69) is 110 Å². The third kappa shape index (κ3) is 9.68. The van der Waals surface area contributed by atoms with E-state index in [9.17, 15) is 0 Å². The number of halogens is 4. The van der Waals surface area contributed by atoms with Gasteiger partial charge < -0.3 is 27.7 Å². The van der Waals surface area contributed by atoms with Gasteiger partial charge in [-0.2, -0.15) is 24.7 Å². The summed E-state index contributed by atoms with van der Waals surface area (Å²) in [7, 11) is 19.7. The van der Waals surface area contributed by atoms with Gasteiger partial charge in [0.05, 0.1) is 0 Å². The third-order valence-corrected chi connectivity index (χ3v) is 15.2. The predicted molar refractivity (Wildman–Crippen MR) is 238 cm³/mol. The number of fused-ring (bicyclic) bond motifs is 4. The van der Waals surface area contributed by atoms with Crippen molar-refractivity contribution in [1.82, 2.24) is 0 Å². The average molecular weight is 989 g/mol. The van der Waals surface area contributed by atoms with Gasteiger partial charge in [-0.15, -0.1) is 0 Å². The molecule has 0 heterocycles. The number of aryl methyl sites for hydroxylation is 2. The summed E-state index contributed by atoms with van der Waals surface area (Å²) in [5.41, 5.74) is 7.60. The van der Waals surface area contributed by atoms with Gasteiger partial charge in [-0.25, -0.2) is 0 Å². The van der Waals surface area contributed by atoms with Crippen molar-refractivity contribution < 1.29 is 41.7 Å². The Labute approximate surface area is 379 Å². The molecule has 10 rings (SSSR count). The standard InChI is InChI=1S/2C24H29.2CH3.4ClH.2Zr/c2*1-5-13-21-18(8-1)15-16-23(21)24(20-11-3-4-12-20)17-7-10-19-9-2-6-14-22(19)24;;;;;;;;/h1-2,5-6,8-9,13-14,16,18,20-21,23H,3-4,7,10-12,15,17H2;1-2,5-6,8-9,11,13-14,18,20-21,23H,3-4,7,10,12,15-17H2;2*1H3;4*1H;;/q4*-1;;;;;2*+4/p-4/t18?,21?,23?,24-;18?,20?,21?,23?,24-;;;;;;;;/m01......../s1. The van der Waals surface area contributed by atoms with Crippen LogP contribution in [0.15, 0.2) is 97.1 Å². The van der Waals surface area contributed by atoms with E-state index in [1.807, 2.05) is 0 Å². The molecule has 4 fully saturated rings. The quantitative estimate of drug-likeness (QED) is 0.268. The zero-order chi connectivity index (χ0) is 37.4. The van der Waals surface area contributed by atoms with E-state index in [0.29, 0.717) is 10.8 Å². The molecule has 0 radical (unpaired) electrons. The van der Waals surface area contributed by atoms with Crippen molar-refractivity contribution in [3.8, 4) is 0 Å². The Hall–Kier alpha value is 0.326. The predicted octanol–water partition coefficient (Wildman–Crippen LogP) is 15.7. The topological polar surface area (TPSA) is 0 Å². The fourth-order valence-corrected chi connectivity index (χ4v) is 13.4. The van der Waals surface area contributed by atoms with Crippen molar-refractivity contribution in [3.05, 3.63) is 147 Å². The molecule has 4 saturated carbocycles. The van der Waals surface area contributed by atoms with E-state index in [0.717, 1.165) is 47.3 Å². The SMILES string of the molecule is C1=CC2CCC([C@@]3(C4[CH-]CCC4)CCCc4ccccc43)C2C=C1.C1=CC2C[CH-]C([C@]3(C4CCCC4)CCCc4ccccc43)C2C=C1.[CH3-].[CH3-].[Cl][Zr+2][Cl].[Cl][Zr+2][Cl]. The Balaban J connectivity index is 0.000000183. The van der Waals surface area contributed by atoms with Crippen LogP contribution in [0.25, 0.3) is 0 Å². The van der Waals surface area contributed by atoms with Crippen molar-refractivity contribution in [1.29, 1.82) is 0 Å². The number of benzene rings is 2. The Morgan fingerprint density at radius 3 is 1.73 bits per heavy atom. The molecular weight excluding hydrogens is 925 g/mol. The summed E-state index contributed by atoms with van der Waals surface area (Å²) < 4.78 is 0. The molecule has 56 heavy (non-hydrogen) atoms. The summed E-state index contributed by atoms with van der Waals surface area (Å²) in [5, 5.41) is 0. The van der Waals surface area contributed by atoms with Gasteiger partial charge in [-0.1, -0.05) is 123 Å². The average Bonchev–Trinajstić information content (AvgIpc) is 4.06. The molecule has 0 aliphatic heterocycles. The summed E-state index contributed by atoms with van der Waals surface area (Å²) in [6.07, 6.45) is 46.9. The summed E-state index contributed by atoms with van der Waals surface area (Å²) in [6, 6.07) is 18.9. The second-order valence-corrected chi connectivity index (χ2v) is 24.7. The first-order valence-corrected chi connectivity index (χ1v) is 33.7. The molecular formula is C50H64Cl4Zr2. The van der Waals surface area contributed by atoms with Crippen LogP contribution in [0.4, 0.5) is 0 Å². The van der Waals surface area contributed by atoms with Crippen LogP contribution in [0.1, 0.15) is 112 Å².